The van der Waals surface area contributed by atoms with E-state index in [9.17, 15) is 4.79 Å². The maximum absolute atomic E-state index is 12.3. The van der Waals surface area contributed by atoms with Gasteiger partial charge in [0.05, 0.1) is 11.7 Å². The van der Waals surface area contributed by atoms with Crippen molar-refractivity contribution in [3.63, 3.8) is 0 Å². The molecule has 20 heavy (non-hydrogen) atoms. The number of rotatable bonds is 5. The second-order valence-corrected chi connectivity index (χ2v) is 5.33. The van der Waals surface area contributed by atoms with Gasteiger partial charge in [0, 0.05) is 30.5 Å². The molecule has 0 radical (unpaired) electrons. The van der Waals surface area contributed by atoms with Crippen molar-refractivity contribution in [2.45, 2.75) is 25.7 Å². The molecular formula is C15H20N4O. The van der Waals surface area contributed by atoms with Crippen molar-refractivity contribution < 1.29 is 4.79 Å². The van der Waals surface area contributed by atoms with E-state index in [2.05, 4.69) is 15.3 Å². The van der Waals surface area contributed by atoms with Crippen molar-refractivity contribution in [3.05, 3.63) is 48.0 Å². The first-order chi connectivity index (χ1) is 9.50. The number of benzene rings is 1. The van der Waals surface area contributed by atoms with Crippen molar-refractivity contribution in [2.75, 3.05) is 12.3 Å². The van der Waals surface area contributed by atoms with Crippen LogP contribution in [0.2, 0.25) is 0 Å². The Bertz CT molecular complexity index is 558. The Morgan fingerprint density at radius 1 is 1.35 bits per heavy atom. The topological polar surface area (TPSA) is 83.8 Å². The van der Waals surface area contributed by atoms with E-state index in [0.29, 0.717) is 12.2 Å². The first-order valence-electron chi connectivity index (χ1n) is 6.62. The molecule has 5 nitrogen and oxygen atoms in total. The molecule has 1 aromatic carbocycles. The summed E-state index contributed by atoms with van der Waals surface area (Å²) in [6, 6.07) is 7.41. The Morgan fingerprint density at radius 3 is 2.65 bits per heavy atom. The predicted molar refractivity (Wildman–Crippen MR) is 79.2 cm³/mol. The molecule has 2 aromatic rings. The van der Waals surface area contributed by atoms with Crippen LogP contribution in [0.3, 0.4) is 0 Å². The Hall–Kier alpha value is -2.30. The van der Waals surface area contributed by atoms with E-state index in [1.165, 1.54) is 0 Å². The molecule has 4 N–H and O–H groups in total. The third-order valence-electron chi connectivity index (χ3n) is 3.43. The van der Waals surface area contributed by atoms with Crippen LogP contribution in [0.4, 0.5) is 5.69 Å². The van der Waals surface area contributed by atoms with Gasteiger partial charge in [0.1, 0.15) is 0 Å². The molecule has 0 saturated carbocycles. The van der Waals surface area contributed by atoms with Gasteiger partial charge in [-0.1, -0.05) is 12.1 Å². The number of nitrogens with one attached hydrogen (secondary N) is 2. The number of carbonyl (C=O) groups excluding carboxylic acids is 1. The van der Waals surface area contributed by atoms with Gasteiger partial charge < -0.3 is 16.0 Å². The van der Waals surface area contributed by atoms with E-state index >= 15 is 0 Å². The average Bonchev–Trinajstić information content (AvgIpc) is 2.92. The zero-order valence-corrected chi connectivity index (χ0v) is 11.8. The first kappa shape index (κ1) is 14.1. The van der Waals surface area contributed by atoms with Crippen molar-refractivity contribution in [1.29, 1.82) is 0 Å². The zero-order chi connectivity index (χ0) is 14.6. The molecule has 1 aromatic heterocycles. The molecule has 0 atom stereocenters. The van der Waals surface area contributed by atoms with E-state index in [1.807, 2.05) is 38.1 Å². The van der Waals surface area contributed by atoms with Crippen LogP contribution in [-0.4, -0.2) is 22.4 Å². The van der Waals surface area contributed by atoms with Gasteiger partial charge in [-0.25, -0.2) is 4.98 Å². The summed E-state index contributed by atoms with van der Waals surface area (Å²) in [7, 11) is 0. The number of nitrogens with two attached hydrogens (primary N) is 1. The number of H-pyrrole nitrogens is 1. The van der Waals surface area contributed by atoms with Gasteiger partial charge in [-0.05, 0) is 31.5 Å². The second-order valence-electron chi connectivity index (χ2n) is 5.33. The van der Waals surface area contributed by atoms with Gasteiger partial charge in [-0.3, -0.25) is 4.79 Å². The highest BCUT2D eigenvalue weighted by Gasteiger charge is 2.29. The summed E-state index contributed by atoms with van der Waals surface area (Å²) in [6.07, 6.45) is 4.14. The molecule has 0 spiro atoms. The summed E-state index contributed by atoms with van der Waals surface area (Å²) in [5.74, 6) is 0.00165. The highest BCUT2D eigenvalue weighted by atomic mass is 16.2. The van der Waals surface area contributed by atoms with E-state index in [0.717, 1.165) is 17.7 Å². The lowest BCUT2D eigenvalue weighted by atomic mass is 9.83. The molecule has 0 saturated heterocycles. The fourth-order valence-electron chi connectivity index (χ4n) is 1.98. The maximum Gasteiger partial charge on any atom is 0.230 e. The quantitative estimate of drug-likeness (QED) is 0.723. The van der Waals surface area contributed by atoms with Gasteiger partial charge in [-0.2, -0.15) is 0 Å². The largest absolute Gasteiger partial charge is 0.399 e. The summed E-state index contributed by atoms with van der Waals surface area (Å²) in [6.45, 7) is 4.40. The number of hydrogen-bond acceptors (Lipinski definition) is 3. The molecule has 1 heterocycles. The van der Waals surface area contributed by atoms with Crippen LogP contribution in [-0.2, 0) is 16.6 Å². The van der Waals surface area contributed by atoms with E-state index < -0.39 is 5.41 Å². The molecule has 5 heteroatoms. The maximum atomic E-state index is 12.3. The monoisotopic (exact) mass is 272 g/mol. The SMILES string of the molecule is CC(C)(C(=O)NCCc1cnc[nH]1)c1ccc(N)cc1. The van der Waals surface area contributed by atoms with Crippen LogP contribution >= 0.6 is 0 Å². The Labute approximate surface area is 118 Å². The molecule has 1 amide bonds. The number of nitrogens with zero attached hydrogens (tertiary/aromatic N) is 1. The van der Waals surface area contributed by atoms with Crippen LogP contribution in [0, 0.1) is 0 Å². The van der Waals surface area contributed by atoms with Crippen LogP contribution < -0.4 is 11.1 Å². The average molecular weight is 272 g/mol. The van der Waals surface area contributed by atoms with Gasteiger partial charge in [0.25, 0.3) is 0 Å². The molecule has 0 fully saturated rings. The highest BCUT2D eigenvalue weighted by molar-refractivity contribution is 5.87. The number of nitrogen functional groups attached to an aromatic ring is 1. The molecule has 0 bridgehead atoms. The fourth-order valence-corrected chi connectivity index (χ4v) is 1.98. The van der Waals surface area contributed by atoms with Gasteiger partial charge in [0.2, 0.25) is 5.91 Å². The minimum absolute atomic E-state index is 0.00165. The minimum atomic E-state index is -0.582. The number of aromatic amines is 1. The van der Waals surface area contributed by atoms with Gasteiger partial charge in [0.15, 0.2) is 0 Å². The summed E-state index contributed by atoms with van der Waals surface area (Å²) in [4.78, 5) is 19.3. The van der Waals surface area contributed by atoms with E-state index in [-0.39, 0.29) is 5.91 Å². The third kappa shape index (κ3) is 3.17. The summed E-state index contributed by atoms with van der Waals surface area (Å²) in [5.41, 5.74) is 7.75. The molecule has 0 aliphatic rings. The molecule has 2 rings (SSSR count). The van der Waals surface area contributed by atoms with Crippen molar-refractivity contribution in [3.8, 4) is 0 Å². The van der Waals surface area contributed by atoms with Crippen molar-refractivity contribution >= 4 is 11.6 Å². The number of anilines is 1. The molecule has 106 valence electrons. The predicted octanol–water partition coefficient (Wildman–Crippen LogP) is 1.63. The smallest absolute Gasteiger partial charge is 0.230 e. The first-order valence-corrected chi connectivity index (χ1v) is 6.62. The van der Waals surface area contributed by atoms with Gasteiger partial charge in [-0.15, -0.1) is 0 Å². The zero-order valence-electron chi connectivity index (χ0n) is 11.8. The summed E-state index contributed by atoms with van der Waals surface area (Å²) in [5, 5.41) is 2.96. The molecule has 0 aliphatic carbocycles. The van der Waals surface area contributed by atoms with E-state index in [1.54, 1.807) is 12.5 Å². The number of hydrogen-bond donors (Lipinski definition) is 3. The lowest BCUT2D eigenvalue weighted by Gasteiger charge is -2.24. The normalized spacial score (nSPS) is 11.3. The van der Waals surface area contributed by atoms with Crippen LogP contribution in [0.5, 0.6) is 0 Å². The Balaban J connectivity index is 1.94. The van der Waals surface area contributed by atoms with Crippen LogP contribution in [0.15, 0.2) is 36.8 Å². The standard InChI is InChI=1S/C15H20N4O/c1-15(2,11-3-5-12(16)6-4-11)14(20)18-8-7-13-9-17-10-19-13/h3-6,9-10H,7-8,16H2,1-2H3,(H,17,19)(H,18,20). The van der Waals surface area contributed by atoms with Crippen molar-refractivity contribution in [1.82, 2.24) is 15.3 Å². The van der Waals surface area contributed by atoms with Crippen molar-refractivity contribution in [2.24, 2.45) is 0 Å². The molecule has 0 aliphatic heterocycles. The fraction of sp³-hybridized carbons (Fsp3) is 0.333. The molecule has 0 unspecified atom stereocenters. The number of carbonyl (C=O) groups is 1. The minimum Gasteiger partial charge on any atom is -0.399 e. The van der Waals surface area contributed by atoms with E-state index in [4.69, 9.17) is 5.73 Å². The summed E-state index contributed by atoms with van der Waals surface area (Å²) < 4.78 is 0. The van der Waals surface area contributed by atoms with Crippen LogP contribution in [0.25, 0.3) is 0 Å². The number of aromatic nitrogens is 2. The second kappa shape index (κ2) is 5.77. The Kier molecular flexibility index (Phi) is 4.08. The van der Waals surface area contributed by atoms with Gasteiger partial charge >= 0.3 is 0 Å². The number of imidazole rings is 1. The Morgan fingerprint density at radius 2 is 2.05 bits per heavy atom. The van der Waals surface area contributed by atoms with Crippen LogP contribution in [0.1, 0.15) is 25.1 Å². The molecular weight excluding hydrogens is 252 g/mol. The number of amides is 1. The third-order valence-corrected chi connectivity index (χ3v) is 3.43. The highest BCUT2D eigenvalue weighted by Crippen LogP contribution is 2.24. The lowest BCUT2D eigenvalue weighted by Crippen LogP contribution is -2.40. The lowest BCUT2D eigenvalue weighted by molar-refractivity contribution is -0.125. The summed E-state index contributed by atoms with van der Waals surface area (Å²) >= 11 is 0.